The lowest BCUT2D eigenvalue weighted by Gasteiger charge is -1.96. The van der Waals surface area contributed by atoms with Gasteiger partial charge in [0.15, 0.2) is 0 Å². The monoisotopic (exact) mass is 188 g/mol. The van der Waals surface area contributed by atoms with Gasteiger partial charge in [-0.15, -0.1) is 0 Å². The van der Waals surface area contributed by atoms with Gasteiger partial charge in [0.05, 0.1) is 11.3 Å². The van der Waals surface area contributed by atoms with Crippen LogP contribution in [0.4, 0.5) is 5.69 Å². The Bertz CT molecular complexity index is 407. The summed E-state index contributed by atoms with van der Waals surface area (Å²) in [7, 11) is 0. The van der Waals surface area contributed by atoms with Crippen molar-refractivity contribution in [2.45, 2.75) is 0 Å². The smallest absolute Gasteiger partial charge is 0.100 e. The Morgan fingerprint density at radius 2 is 2.15 bits per heavy atom. The van der Waals surface area contributed by atoms with E-state index in [1.165, 1.54) is 0 Å². The molecule has 0 aliphatic heterocycles. The molecule has 1 rings (SSSR count). The van der Waals surface area contributed by atoms with Gasteiger partial charge in [-0.3, -0.25) is 0 Å². The second kappa shape index (κ2) is 4.45. The van der Waals surface area contributed by atoms with E-state index in [0.717, 1.165) is 0 Å². The molecule has 0 bridgehead atoms. The second-order valence-electron chi connectivity index (χ2n) is 2.38. The van der Waals surface area contributed by atoms with E-state index in [0.29, 0.717) is 22.6 Å². The molecule has 2 nitrogen and oxygen atoms in total. The van der Waals surface area contributed by atoms with Gasteiger partial charge in [-0.25, -0.2) is 0 Å². The fourth-order valence-electron chi connectivity index (χ4n) is 0.898. The highest BCUT2D eigenvalue weighted by atomic mass is 32.1. The van der Waals surface area contributed by atoms with Crippen molar-refractivity contribution in [1.82, 2.24) is 0 Å². The van der Waals surface area contributed by atoms with Gasteiger partial charge in [0.2, 0.25) is 0 Å². The Hall–Kier alpha value is -1.58. The van der Waals surface area contributed by atoms with Crippen molar-refractivity contribution in [3.05, 3.63) is 29.3 Å². The zero-order valence-corrected chi connectivity index (χ0v) is 7.81. The molecule has 3 heteroatoms. The fourth-order valence-corrected chi connectivity index (χ4v) is 0.977. The number of nitrogen functional groups attached to an aromatic ring is 1. The molecule has 0 unspecified atom stereocenters. The molecule has 0 aliphatic rings. The van der Waals surface area contributed by atoms with Gasteiger partial charge >= 0.3 is 0 Å². The van der Waals surface area contributed by atoms with Crippen LogP contribution in [0.15, 0.2) is 18.2 Å². The number of nitrogens with two attached hydrogens (primary N) is 1. The maximum absolute atomic E-state index is 8.73. The highest BCUT2D eigenvalue weighted by molar-refractivity contribution is 7.80. The minimum absolute atomic E-state index is 0.472. The number of anilines is 1. The number of benzene rings is 1. The van der Waals surface area contributed by atoms with Crippen LogP contribution in [0.3, 0.4) is 0 Å². The molecule has 0 fully saturated rings. The van der Waals surface area contributed by atoms with E-state index in [4.69, 9.17) is 11.0 Å². The van der Waals surface area contributed by atoms with Crippen LogP contribution in [0.5, 0.6) is 0 Å². The molecular formula is C10H8N2S. The van der Waals surface area contributed by atoms with Crippen LogP contribution in [-0.4, -0.2) is 5.75 Å². The van der Waals surface area contributed by atoms with E-state index in [2.05, 4.69) is 24.5 Å². The third-order valence-electron chi connectivity index (χ3n) is 1.47. The summed E-state index contributed by atoms with van der Waals surface area (Å²) in [5, 5.41) is 8.73. The molecule has 0 radical (unpaired) electrons. The molecular weight excluding hydrogens is 180 g/mol. The summed E-state index contributed by atoms with van der Waals surface area (Å²) < 4.78 is 0. The Balaban J connectivity index is 3.18. The Kier molecular flexibility index (Phi) is 3.25. The Labute approximate surface area is 82.8 Å². The average molecular weight is 188 g/mol. The van der Waals surface area contributed by atoms with Gasteiger partial charge in [-0.2, -0.15) is 17.9 Å². The molecule has 0 amide bonds. The second-order valence-corrected chi connectivity index (χ2v) is 2.69. The zero-order chi connectivity index (χ0) is 9.68. The minimum atomic E-state index is 0.472. The summed E-state index contributed by atoms with van der Waals surface area (Å²) in [6.45, 7) is 0. The van der Waals surface area contributed by atoms with E-state index in [-0.39, 0.29) is 0 Å². The third kappa shape index (κ3) is 2.43. The largest absolute Gasteiger partial charge is 0.399 e. The summed E-state index contributed by atoms with van der Waals surface area (Å²) >= 11 is 3.95. The Morgan fingerprint density at radius 1 is 1.38 bits per heavy atom. The Morgan fingerprint density at radius 3 is 2.77 bits per heavy atom. The normalized spacial score (nSPS) is 8.31. The molecule has 2 N–H and O–H groups in total. The van der Waals surface area contributed by atoms with E-state index in [1.54, 1.807) is 18.2 Å². The summed E-state index contributed by atoms with van der Waals surface area (Å²) in [5.74, 6) is 6.07. The lowest BCUT2D eigenvalue weighted by atomic mass is 10.1. The van der Waals surface area contributed by atoms with Gasteiger partial charge in [-0.1, -0.05) is 11.8 Å². The molecule has 0 saturated heterocycles. The van der Waals surface area contributed by atoms with Gasteiger partial charge in [-0.05, 0) is 18.2 Å². The van der Waals surface area contributed by atoms with E-state index in [9.17, 15) is 0 Å². The van der Waals surface area contributed by atoms with Gasteiger partial charge in [0.25, 0.3) is 0 Å². The predicted molar refractivity (Wildman–Crippen MR) is 56.3 cm³/mol. The maximum Gasteiger partial charge on any atom is 0.100 e. The third-order valence-corrected chi connectivity index (χ3v) is 1.62. The molecule has 0 aromatic heterocycles. The number of thiol groups is 1. The minimum Gasteiger partial charge on any atom is -0.399 e. The van der Waals surface area contributed by atoms with Crippen LogP contribution in [0, 0.1) is 23.2 Å². The fraction of sp³-hybridized carbons (Fsp3) is 0.100. The van der Waals surface area contributed by atoms with Crippen LogP contribution in [-0.2, 0) is 0 Å². The molecule has 64 valence electrons. The van der Waals surface area contributed by atoms with Crippen molar-refractivity contribution in [2.24, 2.45) is 0 Å². The predicted octanol–water partition coefficient (Wildman–Crippen LogP) is 1.42. The zero-order valence-electron chi connectivity index (χ0n) is 6.91. The van der Waals surface area contributed by atoms with E-state index >= 15 is 0 Å². The van der Waals surface area contributed by atoms with Gasteiger partial charge in [0, 0.05) is 11.3 Å². The average Bonchev–Trinajstić information content (AvgIpc) is 2.15. The quantitative estimate of drug-likeness (QED) is 0.367. The maximum atomic E-state index is 8.73. The summed E-state index contributed by atoms with van der Waals surface area (Å²) in [5.41, 5.74) is 7.38. The highest BCUT2D eigenvalue weighted by Gasteiger charge is 1.97. The lowest BCUT2D eigenvalue weighted by Crippen LogP contribution is -1.89. The first kappa shape index (κ1) is 9.51. The van der Waals surface area contributed by atoms with Crippen LogP contribution >= 0.6 is 12.6 Å². The first-order chi connectivity index (χ1) is 6.27. The van der Waals surface area contributed by atoms with Crippen LogP contribution in [0.25, 0.3) is 0 Å². The molecule has 1 aromatic rings. The van der Waals surface area contributed by atoms with E-state index in [1.807, 2.05) is 6.07 Å². The van der Waals surface area contributed by atoms with Crippen molar-refractivity contribution >= 4 is 18.3 Å². The van der Waals surface area contributed by atoms with Gasteiger partial charge < -0.3 is 5.73 Å². The number of hydrogen-bond acceptors (Lipinski definition) is 3. The van der Waals surface area contributed by atoms with Crippen molar-refractivity contribution in [3.63, 3.8) is 0 Å². The van der Waals surface area contributed by atoms with Crippen molar-refractivity contribution in [2.75, 3.05) is 11.5 Å². The summed E-state index contributed by atoms with van der Waals surface area (Å²) in [6, 6.07) is 7.09. The first-order valence-corrected chi connectivity index (χ1v) is 4.30. The number of rotatable bonds is 0. The molecule has 1 aromatic carbocycles. The van der Waals surface area contributed by atoms with Crippen molar-refractivity contribution in [3.8, 4) is 17.9 Å². The van der Waals surface area contributed by atoms with Crippen molar-refractivity contribution < 1.29 is 0 Å². The standard InChI is InChI=1S/C10H8N2S/c11-7-9-3-4-10(12)6-8(9)2-1-5-13/h3-4,6,13H,5,12H2. The van der Waals surface area contributed by atoms with Crippen LogP contribution in [0.2, 0.25) is 0 Å². The molecule has 0 spiro atoms. The molecule has 13 heavy (non-hydrogen) atoms. The lowest BCUT2D eigenvalue weighted by molar-refractivity contribution is 1.47. The SMILES string of the molecule is N#Cc1ccc(N)cc1C#CCS. The molecule has 0 heterocycles. The summed E-state index contributed by atoms with van der Waals surface area (Å²) in [4.78, 5) is 0. The molecule has 0 atom stereocenters. The summed E-state index contributed by atoms with van der Waals surface area (Å²) in [6.07, 6.45) is 0. The molecule has 0 saturated carbocycles. The number of nitriles is 1. The van der Waals surface area contributed by atoms with Crippen molar-refractivity contribution in [1.29, 1.82) is 5.26 Å². The number of hydrogen-bond donors (Lipinski definition) is 2. The highest BCUT2D eigenvalue weighted by Crippen LogP contribution is 2.11. The number of nitrogens with zero attached hydrogens (tertiary/aromatic N) is 1. The van der Waals surface area contributed by atoms with Gasteiger partial charge in [0.1, 0.15) is 6.07 Å². The topological polar surface area (TPSA) is 49.8 Å². The molecule has 0 aliphatic carbocycles. The van der Waals surface area contributed by atoms with Crippen LogP contribution < -0.4 is 5.73 Å². The van der Waals surface area contributed by atoms with E-state index < -0.39 is 0 Å². The first-order valence-electron chi connectivity index (χ1n) is 3.67. The van der Waals surface area contributed by atoms with Crippen LogP contribution in [0.1, 0.15) is 11.1 Å².